The Morgan fingerprint density at radius 2 is 1.74 bits per heavy atom. The van der Waals surface area contributed by atoms with E-state index >= 15 is 0 Å². The fourth-order valence-electron chi connectivity index (χ4n) is 3.10. The molecule has 0 aliphatic carbocycles. The third-order valence-electron chi connectivity index (χ3n) is 5.19. The Hall–Kier alpha value is -3.16. The van der Waals surface area contributed by atoms with Crippen molar-refractivity contribution >= 4 is 5.91 Å². The van der Waals surface area contributed by atoms with Gasteiger partial charge in [0.1, 0.15) is 0 Å². The van der Waals surface area contributed by atoms with Gasteiger partial charge in [0.05, 0.1) is 5.56 Å². The standard InChI is InChI=1S/C23H24F3N3O2/c1-4-16(3)29(22(30)18-9-11-19(12-10-18)23(24,25)26)14-13-20-27-21(28-31-20)17-7-5-15(2)6-8-17/h5-12,16H,4,13-14H2,1-3H3/t16-/m0/s1. The molecule has 0 bridgehead atoms. The molecule has 5 nitrogen and oxygen atoms in total. The lowest BCUT2D eigenvalue weighted by molar-refractivity contribution is -0.137. The van der Waals surface area contributed by atoms with Crippen LogP contribution in [0.1, 0.15) is 47.6 Å². The second-order valence-corrected chi connectivity index (χ2v) is 7.46. The second-order valence-electron chi connectivity index (χ2n) is 7.46. The quantitative estimate of drug-likeness (QED) is 0.492. The fraction of sp³-hybridized carbons (Fsp3) is 0.348. The Morgan fingerprint density at radius 3 is 2.32 bits per heavy atom. The summed E-state index contributed by atoms with van der Waals surface area (Å²) in [5, 5.41) is 4.00. The van der Waals surface area contributed by atoms with Gasteiger partial charge < -0.3 is 9.42 Å². The summed E-state index contributed by atoms with van der Waals surface area (Å²) >= 11 is 0. The largest absolute Gasteiger partial charge is 0.416 e. The second kappa shape index (κ2) is 9.32. The fourth-order valence-corrected chi connectivity index (χ4v) is 3.10. The molecular formula is C23H24F3N3O2. The molecule has 0 saturated heterocycles. The summed E-state index contributed by atoms with van der Waals surface area (Å²) in [6.45, 7) is 6.14. The van der Waals surface area contributed by atoms with Crippen LogP contribution in [0.2, 0.25) is 0 Å². The molecule has 3 aromatic rings. The van der Waals surface area contributed by atoms with Gasteiger partial charge in [0.15, 0.2) is 0 Å². The van der Waals surface area contributed by atoms with Crippen LogP contribution in [0.3, 0.4) is 0 Å². The maximum absolute atomic E-state index is 13.0. The summed E-state index contributed by atoms with van der Waals surface area (Å²) in [5.74, 6) is 0.532. The van der Waals surface area contributed by atoms with Gasteiger partial charge in [-0.3, -0.25) is 4.79 Å². The van der Waals surface area contributed by atoms with Crippen LogP contribution in [-0.4, -0.2) is 33.5 Å². The van der Waals surface area contributed by atoms with Crippen LogP contribution >= 0.6 is 0 Å². The maximum atomic E-state index is 13.0. The predicted molar refractivity (Wildman–Crippen MR) is 110 cm³/mol. The molecule has 0 saturated carbocycles. The molecule has 0 unspecified atom stereocenters. The Kier molecular flexibility index (Phi) is 6.77. The van der Waals surface area contributed by atoms with Gasteiger partial charge in [-0.25, -0.2) is 0 Å². The van der Waals surface area contributed by atoms with Crippen molar-refractivity contribution in [2.24, 2.45) is 0 Å². The van der Waals surface area contributed by atoms with Crippen molar-refractivity contribution in [1.82, 2.24) is 15.0 Å². The summed E-state index contributed by atoms with van der Waals surface area (Å²) in [6, 6.07) is 11.9. The molecule has 0 aliphatic rings. The number of hydrogen-bond acceptors (Lipinski definition) is 4. The molecule has 0 radical (unpaired) electrons. The van der Waals surface area contributed by atoms with E-state index in [1.807, 2.05) is 45.0 Å². The first-order valence-electron chi connectivity index (χ1n) is 10.1. The SMILES string of the molecule is CC[C@H](C)N(CCc1nc(-c2ccc(C)cc2)no1)C(=O)c1ccc(C(F)(F)F)cc1. The number of aromatic nitrogens is 2. The van der Waals surface area contributed by atoms with Crippen molar-refractivity contribution < 1.29 is 22.5 Å². The van der Waals surface area contributed by atoms with Gasteiger partial charge in [-0.05, 0) is 44.5 Å². The monoisotopic (exact) mass is 431 g/mol. The van der Waals surface area contributed by atoms with Gasteiger partial charge in [-0.15, -0.1) is 0 Å². The molecule has 8 heteroatoms. The molecule has 31 heavy (non-hydrogen) atoms. The number of benzene rings is 2. The molecule has 0 N–H and O–H groups in total. The lowest BCUT2D eigenvalue weighted by atomic mass is 10.1. The van der Waals surface area contributed by atoms with Gasteiger partial charge in [0, 0.05) is 30.1 Å². The topological polar surface area (TPSA) is 59.2 Å². The first-order valence-corrected chi connectivity index (χ1v) is 10.1. The number of hydrogen-bond donors (Lipinski definition) is 0. The molecule has 2 aromatic carbocycles. The Labute approximate surface area is 178 Å². The Morgan fingerprint density at radius 1 is 1.10 bits per heavy atom. The first-order chi connectivity index (χ1) is 14.7. The smallest absolute Gasteiger partial charge is 0.339 e. The minimum atomic E-state index is -4.44. The van der Waals surface area contributed by atoms with Crippen LogP contribution in [0.5, 0.6) is 0 Å². The number of carbonyl (C=O) groups excluding carboxylic acids is 1. The minimum absolute atomic E-state index is 0.103. The molecule has 0 aliphatic heterocycles. The van der Waals surface area contributed by atoms with E-state index < -0.39 is 11.7 Å². The third kappa shape index (κ3) is 5.51. The van der Waals surface area contributed by atoms with E-state index in [0.29, 0.717) is 31.1 Å². The molecule has 0 fully saturated rings. The molecule has 0 spiro atoms. The van der Waals surface area contributed by atoms with Gasteiger partial charge in [0.25, 0.3) is 5.91 Å². The van der Waals surface area contributed by atoms with Crippen LogP contribution in [0.4, 0.5) is 13.2 Å². The molecule has 1 atom stereocenters. The van der Waals surface area contributed by atoms with Crippen molar-refractivity contribution in [3.63, 3.8) is 0 Å². The summed E-state index contributed by atoms with van der Waals surface area (Å²) in [5.41, 5.74) is 1.38. The number of aryl methyl sites for hydroxylation is 1. The Balaban J connectivity index is 1.72. The van der Waals surface area contributed by atoms with Crippen molar-refractivity contribution in [1.29, 1.82) is 0 Å². The minimum Gasteiger partial charge on any atom is -0.339 e. The summed E-state index contributed by atoms with van der Waals surface area (Å²) in [4.78, 5) is 19.0. The summed E-state index contributed by atoms with van der Waals surface area (Å²) in [6.07, 6.45) is -3.40. The van der Waals surface area contributed by atoms with E-state index in [1.54, 1.807) is 4.90 Å². The van der Waals surface area contributed by atoms with Crippen molar-refractivity contribution in [3.05, 3.63) is 71.1 Å². The zero-order chi connectivity index (χ0) is 22.6. The number of amides is 1. The summed E-state index contributed by atoms with van der Waals surface area (Å²) in [7, 11) is 0. The van der Waals surface area contributed by atoms with Gasteiger partial charge in [0.2, 0.25) is 11.7 Å². The van der Waals surface area contributed by atoms with E-state index in [9.17, 15) is 18.0 Å². The number of rotatable bonds is 7. The third-order valence-corrected chi connectivity index (χ3v) is 5.19. The highest BCUT2D eigenvalue weighted by Gasteiger charge is 2.30. The highest BCUT2D eigenvalue weighted by molar-refractivity contribution is 5.94. The van der Waals surface area contributed by atoms with Crippen molar-refractivity contribution in [3.8, 4) is 11.4 Å². The number of nitrogens with zero attached hydrogens (tertiary/aromatic N) is 3. The number of carbonyl (C=O) groups is 1. The zero-order valence-electron chi connectivity index (χ0n) is 17.6. The van der Waals surface area contributed by atoms with Crippen molar-refractivity contribution in [2.45, 2.75) is 45.8 Å². The number of alkyl halides is 3. The number of halogens is 3. The molecule has 1 aromatic heterocycles. The van der Waals surface area contributed by atoms with Crippen LogP contribution in [0, 0.1) is 6.92 Å². The van der Waals surface area contributed by atoms with Gasteiger partial charge in [-0.2, -0.15) is 18.2 Å². The van der Waals surface area contributed by atoms with Crippen LogP contribution in [0.15, 0.2) is 53.1 Å². The lowest BCUT2D eigenvalue weighted by Crippen LogP contribution is -2.39. The van der Waals surface area contributed by atoms with Crippen molar-refractivity contribution in [2.75, 3.05) is 6.54 Å². The highest BCUT2D eigenvalue weighted by atomic mass is 19.4. The zero-order valence-corrected chi connectivity index (χ0v) is 17.6. The van der Waals surface area contributed by atoms with E-state index in [1.165, 1.54) is 12.1 Å². The molecule has 164 valence electrons. The summed E-state index contributed by atoms with van der Waals surface area (Å²) < 4.78 is 43.7. The van der Waals surface area contributed by atoms with Gasteiger partial charge >= 0.3 is 6.18 Å². The lowest BCUT2D eigenvalue weighted by Gasteiger charge is -2.28. The first kappa shape index (κ1) is 22.5. The van der Waals surface area contributed by atoms with Crippen LogP contribution in [0.25, 0.3) is 11.4 Å². The van der Waals surface area contributed by atoms with Crippen LogP contribution < -0.4 is 0 Å². The highest BCUT2D eigenvalue weighted by Crippen LogP contribution is 2.29. The van der Waals surface area contributed by atoms with Crippen LogP contribution in [-0.2, 0) is 12.6 Å². The van der Waals surface area contributed by atoms with E-state index in [2.05, 4.69) is 10.1 Å². The Bertz CT molecular complexity index is 1010. The van der Waals surface area contributed by atoms with Gasteiger partial charge in [-0.1, -0.05) is 41.9 Å². The van der Waals surface area contributed by atoms with E-state index in [-0.39, 0.29) is 17.5 Å². The normalized spacial score (nSPS) is 12.6. The predicted octanol–water partition coefficient (Wildman–Crippen LogP) is 5.55. The molecular weight excluding hydrogens is 407 g/mol. The maximum Gasteiger partial charge on any atom is 0.416 e. The molecule has 3 rings (SSSR count). The van der Waals surface area contributed by atoms with E-state index in [0.717, 1.165) is 23.3 Å². The average Bonchev–Trinajstić information content (AvgIpc) is 3.22. The molecule has 1 heterocycles. The average molecular weight is 431 g/mol. The molecule has 1 amide bonds. The van der Waals surface area contributed by atoms with E-state index in [4.69, 9.17) is 4.52 Å².